The molecule has 2 aromatic rings. The molecule has 4 rings (SSSR count). The van der Waals surface area contributed by atoms with E-state index in [0.717, 1.165) is 50.9 Å². The van der Waals surface area contributed by atoms with Crippen LogP contribution in [0.5, 0.6) is 0 Å². The van der Waals surface area contributed by atoms with E-state index < -0.39 is 20.0 Å². The maximum Gasteiger partial charge on any atom is 0.243 e. The Kier molecular flexibility index (Phi) is 5.49. The molecule has 1 N–H and O–H groups in total. The van der Waals surface area contributed by atoms with Crippen LogP contribution in [-0.4, -0.2) is 49.0 Å². The number of rotatable bonds is 7. The lowest BCUT2D eigenvalue weighted by Gasteiger charge is -2.18. The molecule has 0 radical (unpaired) electrons. The Morgan fingerprint density at radius 3 is 2.41 bits per heavy atom. The summed E-state index contributed by atoms with van der Waals surface area (Å²) in [5.41, 5.74) is 0. The van der Waals surface area contributed by atoms with Crippen LogP contribution in [0.2, 0.25) is 0 Å². The van der Waals surface area contributed by atoms with Crippen molar-refractivity contribution in [3.05, 3.63) is 35.9 Å². The quantitative estimate of drug-likeness (QED) is 0.695. The van der Waals surface area contributed by atoms with Gasteiger partial charge >= 0.3 is 0 Å². The standard InChI is InChI=1S/C18H25N5O4S2/c1-22(13-18-20-19-17-5-3-2-4-12-23(17)18)29(26,27)16-10-8-15(9-11-16)28(24,25)21-14-6-7-14/h8-11,14,21H,2-7,12-13H2,1H3. The molecule has 2 aliphatic rings. The Labute approximate surface area is 171 Å². The summed E-state index contributed by atoms with van der Waals surface area (Å²) >= 11 is 0. The molecule has 0 unspecified atom stereocenters. The summed E-state index contributed by atoms with van der Waals surface area (Å²) in [4.78, 5) is 0.106. The molecule has 1 aliphatic carbocycles. The highest BCUT2D eigenvalue weighted by atomic mass is 32.2. The number of nitrogens with one attached hydrogen (secondary N) is 1. The molecule has 0 amide bonds. The maximum absolute atomic E-state index is 12.9. The summed E-state index contributed by atoms with van der Waals surface area (Å²) in [5, 5.41) is 8.40. The van der Waals surface area contributed by atoms with E-state index in [2.05, 4.69) is 14.9 Å². The predicted octanol–water partition coefficient (Wildman–Crippen LogP) is 1.27. The molecular weight excluding hydrogens is 414 g/mol. The third-order valence-corrected chi connectivity index (χ3v) is 8.65. The average Bonchev–Trinajstić information content (AvgIpc) is 3.46. The largest absolute Gasteiger partial charge is 0.314 e. The van der Waals surface area contributed by atoms with Gasteiger partial charge in [0.25, 0.3) is 0 Å². The fourth-order valence-corrected chi connectivity index (χ4v) is 5.84. The van der Waals surface area contributed by atoms with Crippen molar-refractivity contribution in [2.24, 2.45) is 0 Å². The van der Waals surface area contributed by atoms with Crippen LogP contribution in [-0.2, 0) is 39.6 Å². The minimum atomic E-state index is -3.79. The number of aromatic nitrogens is 3. The fraction of sp³-hybridized carbons (Fsp3) is 0.556. The van der Waals surface area contributed by atoms with Gasteiger partial charge in [-0.05, 0) is 49.9 Å². The van der Waals surface area contributed by atoms with Gasteiger partial charge in [0.2, 0.25) is 20.0 Å². The Hall–Kier alpha value is -1.82. The van der Waals surface area contributed by atoms with Gasteiger partial charge in [-0.25, -0.2) is 21.6 Å². The lowest BCUT2D eigenvalue weighted by atomic mass is 10.2. The first kappa shape index (κ1) is 20.5. The van der Waals surface area contributed by atoms with Crippen LogP contribution in [0, 0.1) is 0 Å². The first-order chi connectivity index (χ1) is 13.8. The second-order valence-corrected chi connectivity index (χ2v) is 11.4. The molecule has 0 atom stereocenters. The van der Waals surface area contributed by atoms with Gasteiger partial charge < -0.3 is 4.57 Å². The number of hydrogen-bond acceptors (Lipinski definition) is 6. The number of nitrogens with zero attached hydrogens (tertiary/aromatic N) is 4. The molecular formula is C18H25N5O4S2. The van der Waals surface area contributed by atoms with Crippen molar-refractivity contribution in [2.75, 3.05) is 7.05 Å². The Balaban J connectivity index is 1.51. The van der Waals surface area contributed by atoms with Crippen molar-refractivity contribution in [3.63, 3.8) is 0 Å². The van der Waals surface area contributed by atoms with E-state index in [1.807, 2.05) is 4.57 Å². The monoisotopic (exact) mass is 439 g/mol. The number of sulfonamides is 2. The molecule has 0 saturated heterocycles. The maximum atomic E-state index is 12.9. The highest BCUT2D eigenvalue weighted by molar-refractivity contribution is 7.89. The predicted molar refractivity (Wildman–Crippen MR) is 106 cm³/mol. The van der Waals surface area contributed by atoms with E-state index in [-0.39, 0.29) is 22.4 Å². The lowest BCUT2D eigenvalue weighted by Crippen LogP contribution is -2.28. The van der Waals surface area contributed by atoms with Gasteiger partial charge in [0, 0.05) is 26.1 Å². The Morgan fingerprint density at radius 1 is 1.03 bits per heavy atom. The smallest absolute Gasteiger partial charge is 0.243 e. The van der Waals surface area contributed by atoms with Gasteiger partial charge in [-0.15, -0.1) is 10.2 Å². The molecule has 2 heterocycles. The van der Waals surface area contributed by atoms with E-state index in [1.165, 1.54) is 35.6 Å². The number of benzene rings is 1. The third kappa shape index (κ3) is 4.37. The van der Waals surface area contributed by atoms with Gasteiger partial charge in [0.15, 0.2) is 0 Å². The first-order valence-electron chi connectivity index (χ1n) is 9.77. The summed E-state index contributed by atoms with van der Waals surface area (Å²) in [6, 6.07) is 5.31. The first-order valence-corrected chi connectivity index (χ1v) is 12.7. The van der Waals surface area contributed by atoms with E-state index in [0.29, 0.717) is 5.82 Å². The molecule has 1 aromatic carbocycles. The number of hydrogen-bond donors (Lipinski definition) is 1. The molecule has 1 fully saturated rings. The summed E-state index contributed by atoms with van der Waals surface area (Å²) in [5.74, 6) is 1.53. The fourth-order valence-electron chi connectivity index (χ4n) is 3.41. The summed E-state index contributed by atoms with van der Waals surface area (Å²) in [7, 11) is -5.91. The van der Waals surface area contributed by atoms with Crippen LogP contribution in [0.25, 0.3) is 0 Å². The van der Waals surface area contributed by atoms with E-state index in [9.17, 15) is 16.8 Å². The van der Waals surface area contributed by atoms with Gasteiger partial charge in [0.1, 0.15) is 11.6 Å². The Morgan fingerprint density at radius 2 is 1.72 bits per heavy atom. The van der Waals surface area contributed by atoms with Gasteiger partial charge in [0.05, 0.1) is 16.3 Å². The highest BCUT2D eigenvalue weighted by Crippen LogP contribution is 2.24. The minimum Gasteiger partial charge on any atom is -0.314 e. The summed E-state index contributed by atoms with van der Waals surface area (Å²) in [6.45, 7) is 0.907. The van der Waals surface area contributed by atoms with Crippen molar-refractivity contribution in [3.8, 4) is 0 Å². The molecule has 158 valence electrons. The van der Waals surface area contributed by atoms with Crippen LogP contribution in [0.15, 0.2) is 34.1 Å². The second kappa shape index (κ2) is 7.78. The summed E-state index contributed by atoms with van der Waals surface area (Å²) in [6.07, 6.45) is 5.75. The van der Waals surface area contributed by atoms with Crippen LogP contribution in [0.4, 0.5) is 0 Å². The number of fused-ring (bicyclic) bond motifs is 1. The average molecular weight is 440 g/mol. The highest BCUT2D eigenvalue weighted by Gasteiger charge is 2.29. The van der Waals surface area contributed by atoms with Crippen LogP contribution < -0.4 is 4.72 Å². The van der Waals surface area contributed by atoms with Gasteiger partial charge in [-0.3, -0.25) is 0 Å². The van der Waals surface area contributed by atoms with Crippen LogP contribution in [0.3, 0.4) is 0 Å². The molecule has 1 aromatic heterocycles. The topological polar surface area (TPSA) is 114 Å². The zero-order valence-electron chi connectivity index (χ0n) is 16.3. The van der Waals surface area contributed by atoms with Crippen molar-refractivity contribution in [1.29, 1.82) is 0 Å². The summed E-state index contributed by atoms with van der Waals surface area (Å²) < 4.78 is 56.2. The van der Waals surface area contributed by atoms with E-state index in [1.54, 1.807) is 0 Å². The zero-order chi connectivity index (χ0) is 20.6. The molecule has 9 nitrogen and oxygen atoms in total. The molecule has 0 bridgehead atoms. The lowest BCUT2D eigenvalue weighted by molar-refractivity contribution is 0.443. The normalized spacial score (nSPS) is 17.9. The van der Waals surface area contributed by atoms with Crippen molar-refractivity contribution < 1.29 is 16.8 Å². The molecule has 29 heavy (non-hydrogen) atoms. The molecule has 11 heteroatoms. The zero-order valence-corrected chi connectivity index (χ0v) is 17.9. The second-order valence-electron chi connectivity index (χ2n) is 7.62. The van der Waals surface area contributed by atoms with Crippen LogP contribution in [0.1, 0.15) is 43.8 Å². The SMILES string of the molecule is CN(Cc1nnc2n1CCCCC2)S(=O)(=O)c1ccc(S(=O)(=O)NC2CC2)cc1. The van der Waals surface area contributed by atoms with E-state index >= 15 is 0 Å². The van der Waals surface area contributed by atoms with E-state index in [4.69, 9.17) is 0 Å². The minimum absolute atomic E-state index is 0.00664. The van der Waals surface area contributed by atoms with Crippen molar-refractivity contribution in [2.45, 2.75) is 67.4 Å². The molecule has 0 spiro atoms. The van der Waals surface area contributed by atoms with Crippen LogP contribution >= 0.6 is 0 Å². The molecule has 1 saturated carbocycles. The molecule has 1 aliphatic heterocycles. The Bertz CT molecular complexity index is 1090. The van der Waals surface area contributed by atoms with Gasteiger partial charge in [-0.1, -0.05) is 6.42 Å². The number of aryl methyl sites for hydroxylation is 1. The van der Waals surface area contributed by atoms with Crippen molar-refractivity contribution >= 4 is 20.0 Å². The third-order valence-electron chi connectivity index (χ3n) is 5.29. The van der Waals surface area contributed by atoms with Crippen molar-refractivity contribution in [1.82, 2.24) is 23.8 Å². The van der Waals surface area contributed by atoms with Gasteiger partial charge in [-0.2, -0.15) is 4.31 Å².